The van der Waals surface area contributed by atoms with Crippen LogP contribution >= 0.6 is 0 Å². The fraction of sp³-hybridized carbons (Fsp3) is 0.346. The average molecular weight is 400 g/mol. The van der Waals surface area contributed by atoms with Crippen molar-refractivity contribution in [2.24, 2.45) is 5.92 Å². The highest BCUT2D eigenvalue weighted by molar-refractivity contribution is 5.98. The van der Waals surface area contributed by atoms with E-state index in [9.17, 15) is 4.79 Å². The number of nitrogens with zero attached hydrogens (tertiary/aromatic N) is 2. The Morgan fingerprint density at radius 1 is 1.23 bits per heavy atom. The molecule has 0 bridgehead atoms. The number of hydrogen-bond donors (Lipinski definition) is 1. The molecule has 154 valence electrons. The number of nitrogens with one attached hydrogen (secondary N) is 1. The molecule has 4 rings (SSSR count). The van der Waals surface area contributed by atoms with Gasteiger partial charge in [-0.2, -0.15) is 0 Å². The van der Waals surface area contributed by atoms with Crippen molar-refractivity contribution in [3.63, 3.8) is 0 Å². The molecule has 3 aromatic rings. The van der Waals surface area contributed by atoms with E-state index < -0.39 is 0 Å². The van der Waals surface area contributed by atoms with Gasteiger partial charge in [0.15, 0.2) is 0 Å². The van der Waals surface area contributed by atoms with E-state index in [1.54, 1.807) is 0 Å². The minimum Gasteiger partial charge on any atom is -0.351 e. The van der Waals surface area contributed by atoms with Crippen LogP contribution in [0.1, 0.15) is 41.4 Å². The van der Waals surface area contributed by atoms with Gasteiger partial charge in [-0.05, 0) is 62.1 Å². The van der Waals surface area contributed by atoms with Crippen molar-refractivity contribution in [3.8, 4) is 12.3 Å². The van der Waals surface area contributed by atoms with Crippen LogP contribution in [0.15, 0.2) is 54.6 Å². The van der Waals surface area contributed by atoms with Crippen LogP contribution in [0.3, 0.4) is 0 Å². The maximum atomic E-state index is 13.1. The van der Waals surface area contributed by atoms with Crippen LogP contribution in [-0.2, 0) is 6.54 Å². The van der Waals surface area contributed by atoms with E-state index >= 15 is 0 Å². The lowest BCUT2D eigenvalue weighted by atomic mass is 9.96. The summed E-state index contributed by atoms with van der Waals surface area (Å²) in [5.74, 6) is 3.30. The van der Waals surface area contributed by atoms with Crippen LogP contribution in [0, 0.1) is 18.3 Å². The summed E-state index contributed by atoms with van der Waals surface area (Å²) >= 11 is 0. The van der Waals surface area contributed by atoms with Crippen molar-refractivity contribution in [2.45, 2.75) is 26.3 Å². The summed E-state index contributed by atoms with van der Waals surface area (Å²) in [5.41, 5.74) is 3.88. The van der Waals surface area contributed by atoms with Crippen LogP contribution in [0.25, 0.3) is 10.9 Å². The van der Waals surface area contributed by atoms with Gasteiger partial charge in [0.2, 0.25) is 0 Å². The lowest BCUT2D eigenvalue weighted by Crippen LogP contribution is -2.42. The first-order valence-electron chi connectivity index (χ1n) is 10.8. The van der Waals surface area contributed by atoms with Gasteiger partial charge in [0, 0.05) is 42.6 Å². The Morgan fingerprint density at radius 2 is 2.10 bits per heavy atom. The van der Waals surface area contributed by atoms with Crippen LogP contribution < -0.4 is 0 Å². The Balaban J connectivity index is 1.40. The number of rotatable bonds is 6. The Bertz CT molecular complexity index is 1030. The zero-order valence-electron chi connectivity index (χ0n) is 17.6. The van der Waals surface area contributed by atoms with E-state index in [0.29, 0.717) is 11.6 Å². The molecular weight excluding hydrogens is 370 g/mol. The number of aromatic amines is 1. The largest absolute Gasteiger partial charge is 0.351 e. The van der Waals surface area contributed by atoms with Gasteiger partial charge in [0.25, 0.3) is 5.91 Å². The molecule has 1 saturated heterocycles. The maximum absolute atomic E-state index is 13.1. The van der Waals surface area contributed by atoms with Gasteiger partial charge >= 0.3 is 0 Å². The van der Waals surface area contributed by atoms with Crippen molar-refractivity contribution < 1.29 is 4.79 Å². The quantitative estimate of drug-likeness (QED) is 0.619. The third-order valence-corrected chi connectivity index (χ3v) is 6.01. The van der Waals surface area contributed by atoms with Crippen molar-refractivity contribution in [1.29, 1.82) is 0 Å². The van der Waals surface area contributed by atoms with E-state index in [4.69, 9.17) is 6.42 Å². The zero-order valence-corrected chi connectivity index (χ0v) is 17.6. The number of fused-ring (bicyclic) bond motifs is 1. The van der Waals surface area contributed by atoms with E-state index in [0.717, 1.165) is 62.0 Å². The van der Waals surface area contributed by atoms with Gasteiger partial charge in [-0.15, -0.1) is 6.42 Å². The molecule has 1 N–H and O–H groups in total. The van der Waals surface area contributed by atoms with Gasteiger partial charge in [-0.1, -0.05) is 36.3 Å². The summed E-state index contributed by atoms with van der Waals surface area (Å²) in [6.45, 7) is 6.59. The van der Waals surface area contributed by atoms with Crippen LogP contribution in [0.4, 0.5) is 0 Å². The summed E-state index contributed by atoms with van der Waals surface area (Å²) in [6.07, 6.45) is 7.87. The molecule has 2 aromatic carbocycles. The number of piperidine rings is 1. The van der Waals surface area contributed by atoms with E-state index in [-0.39, 0.29) is 5.91 Å². The molecule has 2 heterocycles. The Kier molecular flexibility index (Phi) is 6.21. The normalized spacial score (nSPS) is 17.0. The number of para-hydroxylation sites is 1. The SMILES string of the molecule is C#Cc1cccc(CN2CCCC(CN(CC)C(=O)c3cc4ccccc4[nH]3)C2)c1. The molecule has 4 heteroatoms. The topological polar surface area (TPSA) is 39.3 Å². The average Bonchev–Trinajstić information content (AvgIpc) is 3.22. The molecule has 0 radical (unpaired) electrons. The lowest BCUT2D eigenvalue weighted by Gasteiger charge is -2.35. The summed E-state index contributed by atoms with van der Waals surface area (Å²) < 4.78 is 0. The molecule has 0 saturated carbocycles. The maximum Gasteiger partial charge on any atom is 0.270 e. The minimum absolute atomic E-state index is 0.0903. The fourth-order valence-electron chi connectivity index (χ4n) is 4.49. The van der Waals surface area contributed by atoms with E-state index in [2.05, 4.69) is 34.9 Å². The van der Waals surface area contributed by atoms with Gasteiger partial charge in [-0.3, -0.25) is 9.69 Å². The Morgan fingerprint density at radius 3 is 2.90 bits per heavy atom. The van der Waals surface area contributed by atoms with Crippen molar-refractivity contribution in [3.05, 3.63) is 71.4 Å². The van der Waals surface area contributed by atoms with Crippen LogP contribution in [0.5, 0.6) is 0 Å². The number of aromatic nitrogens is 1. The fourth-order valence-corrected chi connectivity index (χ4v) is 4.49. The molecule has 1 unspecified atom stereocenters. The van der Waals surface area contributed by atoms with Crippen molar-refractivity contribution >= 4 is 16.8 Å². The zero-order chi connectivity index (χ0) is 20.9. The molecule has 1 aliphatic heterocycles. The van der Waals surface area contributed by atoms with E-state index in [1.807, 2.05) is 47.4 Å². The summed E-state index contributed by atoms with van der Waals surface area (Å²) in [7, 11) is 0. The number of H-pyrrole nitrogens is 1. The standard InChI is InChI=1S/C26H29N3O/c1-3-20-9-7-10-21(15-20)17-28-14-8-11-22(18-28)19-29(4-2)26(30)25-16-23-12-5-6-13-24(23)27-25/h1,5-7,9-10,12-13,15-16,22,27H,4,8,11,14,17-19H2,2H3. The van der Waals surface area contributed by atoms with Gasteiger partial charge in [0.1, 0.15) is 5.69 Å². The van der Waals surface area contributed by atoms with Gasteiger partial charge < -0.3 is 9.88 Å². The number of hydrogen-bond acceptors (Lipinski definition) is 2. The Labute approximate surface area is 178 Å². The summed E-state index contributed by atoms with van der Waals surface area (Å²) in [6, 6.07) is 18.2. The highest BCUT2D eigenvalue weighted by Crippen LogP contribution is 2.22. The number of terminal acetylenes is 1. The second-order valence-corrected chi connectivity index (χ2v) is 8.20. The van der Waals surface area contributed by atoms with Crippen molar-refractivity contribution in [1.82, 2.24) is 14.8 Å². The summed E-state index contributed by atoms with van der Waals surface area (Å²) in [5, 5.41) is 1.08. The van der Waals surface area contributed by atoms with Gasteiger partial charge in [0.05, 0.1) is 0 Å². The highest BCUT2D eigenvalue weighted by Gasteiger charge is 2.25. The first kappa shape index (κ1) is 20.3. The van der Waals surface area contributed by atoms with Crippen LogP contribution in [0.2, 0.25) is 0 Å². The highest BCUT2D eigenvalue weighted by atomic mass is 16.2. The molecule has 1 aromatic heterocycles. The molecule has 30 heavy (non-hydrogen) atoms. The lowest BCUT2D eigenvalue weighted by molar-refractivity contribution is 0.0680. The number of carbonyl (C=O) groups excluding carboxylic acids is 1. The number of carbonyl (C=O) groups is 1. The molecule has 1 aliphatic rings. The van der Waals surface area contributed by atoms with Gasteiger partial charge in [-0.25, -0.2) is 0 Å². The number of amides is 1. The molecule has 1 atom stereocenters. The molecule has 4 nitrogen and oxygen atoms in total. The summed E-state index contributed by atoms with van der Waals surface area (Å²) in [4.78, 5) is 20.9. The first-order chi connectivity index (χ1) is 14.7. The monoisotopic (exact) mass is 399 g/mol. The third-order valence-electron chi connectivity index (χ3n) is 6.01. The predicted octanol–water partition coefficient (Wildman–Crippen LogP) is 4.52. The predicted molar refractivity (Wildman–Crippen MR) is 122 cm³/mol. The Hall–Kier alpha value is -3.03. The smallest absolute Gasteiger partial charge is 0.270 e. The second kappa shape index (κ2) is 9.19. The second-order valence-electron chi connectivity index (χ2n) is 8.20. The third kappa shape index (κ3) is 4.58. The first-order valence-corrected chi connectivity index (χ1v) is 10.8. The molecule has 0 aliphatic carbocycles. The van der Waals surface area contributed by atoms with Crippen LogP contribution in [-0.4, -0.2) is 46.9 Å². The molecule has 0 spiro atoms. The minimum atomic E-state index is 0.0903. The van der Waals surface area contributed by atoms with E-state index in [1.165, 1.54) is 5.56 Å². The number of benzene rings is 2. The number of likely N-dealkylation sites (tertiary alicyclic amines) is 1. The van der Waals surface area contributed by atoms with Crippen molar-refractivity contribution in [2.75, 3.05) is 26.2 Å². The molecular formula is C26H29N3O. The molecule has 1 amide bonds. The molecule has 1 fully saturated rings.